The van der Waals surface area contributed by atoms with Crippen LogP contribution in [0.2, 0.25) is 0 Å². The molecule has 0 amide bonds. The van der Waals surface area contributed by atoms with Gasteiger partial charge in [-0.1, -0.05) is 49.0 Å². The highest BCUT2D eigenvalue weighted by Crippen LogP contribution is 2.51. The van der Waals surface area contributed by atoms with Gasteiger partial charge in [0.1, 0.15) is 0 Å². The van der Waals surface area contributed by atoms with Crippen LogP contribution in [0.3, 0.4) is 0 Å². The van der Waals surface area contributed by atoms with Crippen molar-refractivity contribution in [2.24, 2.45) is 17.8 Å². The van der Waals surface area contributed by atoms with Crippen molar-refractivity contribution >= 4 is 0 Å². The molecule has 1 saturated carbocycles. The van der Waals surface area contributed by atoms with E-state index < -0.39 is 0 Å². The number of fused-ring (bicyclic) bond motifs is 1. The quantitative estimate of drug-likeness (QED) is 0.623. The van der Waals surface area contributed by atoms with Gasteiger partial charge >= 0.3 is 0 Å². The van der Waals surface area contributed by atoms with Crippen LogP contribution >= 0.6 is 0 Å². The Bertz CT molecular complexity index is 490. The third kappa shape index (κ3) is 2.28. The van der Waals surface area contributed by atoms with Crippen molar-refractivity contribution in [1.29, 1.82) is 0 Å². The van der Waals surface area contributed by atoms with Gasteiger partial charge in [-0.2, -0.15) is 0 Å². The molecule has 0 heteroatoms. The highest BCUT2D eigenvalue weighted by molar-refractivity contribution is 5.35. The Morgan fingerprint density at radius 2 is 1.94 bits per heavy atom. The Morgan fingerprint density at radius 3 is 2.82 bits per heavy atom. The van der Waals surface area contributed by atoms with E-state index in [0.29, 0.717) is 0 Å². The second-order valence-electron chi connectivity index (χ2n) is 5.22. The molecule has 3 aliphatic carbocycles. The number of hydrogen-bond donors (Lipinski definition) is 0. The fourth-order valence-electron chi connectivity index (χ4n) is 2.75. The molecule has 0 heterocycles. The Kier molecular flexibility index (Phi) is 2.74. The predicted molar refractivity (Wildman–Crippen MR) is 72.5 cm³/mol. The summed E-state index contributed by atoms with van der Waals surface area (Å²) in [5.74, 6) is 2.57. The van der Waals surface area contributed by atoms with Gasteiger partial charge in [-0.05, 0) is 48.3 Å². The summed E-state index contributed by atoms with van der Waals surface area (Å²) in [5.41, 5.74) is 6.01. The third-order valence-corrected chi connectivity index (χ3v) is 4.06. The van der Waals surface area contributed by atoms with Gasteiger partial charge in [0.15, 0.2) is 0 Å². The van der Waals surface area contributed by atoms with Crippen LogP contribution in [0.1, 0.15) is 19.8 Å². The van der Waals surface area contributed by atoms with Crippen molar-refractivity contribution in [3.05, 3.63) is 65.5 Å². The first-order valence-corrected chi connectivity index (χ1v) is 6.52. The lowest BCUT2D eigenvalue weighted by Gasteiger charge is -2.06. The van der Waals surface area contributed by atoms with Crippen molar-refractivity contribution in [2.75, 3.05) is 0 Å². The minimum absolute atomic E-state index is 0.843. The molecular weight excluding hydrogens is 204 g/mol. The van der Waals surface area contributed by atoms with Gasteiger partial charge in [-0.3, -0.25) is 0 Å². The van der Waals surface area contributed by atoms with Crippen LogP contribution in [0.4, 0.5) is 0 Å². The molecule has 3 aliphatic rings. The van der Waals surface area contributed by atoms with E-state index in [1.54, 1.807) is 0 Å². The maximum Gasteiger partial charge on any atom is -0.0130 e. The molecule has 0 aromatic carbocycles. The summed E-state index contributed by atoms with van der Waals surface area (Å²) in [7, 11) is 0. The lowest BCUT2D eigenvalue weighted by Crippen LogP contribution is -1.89. The Labute approximate surface area is 103 Å². The summed E-state index contributed by atoms with van der Waals surface area (Å²) in [6.45, 7) is 2.35. The summed E-state index contributed by atoms with van der Waals surface area (Å²) >= 11 is 0. The van der Waals surface area contributed by atoms with E-state index >= 15 is 0 Å². The van der Waals surface area contributed by atoms with Gasteiger partial charge in [0.05, 0.1) is 0 Å². The van der Waals surface area contributed by atoms with E-state index in [0.717, 1.165) is 30.6 Å². The molecule has 86 valence electrons. The van der Waals surface area contributed by atoms with E-state index in [-0.39, 0.29) is 0 Å². The van der Waals surface area contributed by atoms with Crippen molar-refractivity contribution in [3.8, 4) is 0 Å². The van der Waals surface area contributed by atoms with Crippen molar-refractivity contribution in [1.82, 2.24) is 0 Å². The van der Waals surface area contributed by atoms with Gasteiger partial charge < -0.3 is 0 Å². The first-order chi connectivity index (χ1) is 8.34. The largest absolute Gasteiger partial charge is 0.121 e. The maximum atomic E-state index is 3.09. The molecule has 17 heavy (non-hydrogen) atoms. The molecule has 0 aliphatic heterocycles. The fraction of sp³-hybridized carbons (Fsp3) is 0.353. The summed E-state index contributed by atoms with van der Waals surface area (Å²) in [6, 6.07) is 0. The molecular formula is C17H18. The Hall–Kier alpha value is -1.52. The van der Waals surface area contributed by atoms with Gasteiger partial charge in [0.2, 0.25) is 0 Å². The molecule has 0 spiro atoms. The lowest BCUT2D eigenvalue weighted by molar-refractivity contribution is 0.878. The van der Waals surface area contributed by atoms with Gasteiger partial charge in [-0.25, -0.2) is 0 Å². The second kappa shape index (κ2) is 4.39. The lowest BCUT2D eigenvalue weighted by atomic mass is 9.99. The molecule has 0 radical (unpaired) electrons. The van der Waals surface area contributed by atoms with E-state index in [2.05, 4.69) is 49.1 Å². The molecule has 1 fully saturated rings. The van der Waals surface area contributed by atoms with E-state index in [1.807, 2.05) is 12.2 Å². The van der Waals surface area contributed by atoms with Crippen LogP contribution in [0.5, 0.6) is 0 Å². The molecule has 0 saturated heterocycles. The SMILES string of the molecule is CC1C2C=CC(CCC3=CC=C=CC=C3)=CC12. The maximum absolute atomic E-state index is 3.09. The number of hydrogen-bond acceptors (Lipinski definition) is 0. The third-order valence-electron chi connectivity index (χ3n) is 4.06. The molecule has 0 aromatic rings. The fourth-order valence-corrected chi connectivity index (χ4v) is 2.75. The number of allylic oxidation sites excluding steroid dienone is 9. The summed E-state index contributed by atoms with van der Waals surface area (Å²) in [6.07, 6.45) is 19.9. The van der Waals surface area contributed by atoms with Gasteiger partial charge in [0.25, 0.3) is 0 Å². The van der Waals surface area contributed by atoms with E-state index in [1.165, 1.54) is 11.1 Å². The smallest absolute Gasteiger partial charge is 0.0130 e. The second-order valence-corrected chi connectivity index (χ2v) is 5.22. The van der Waals surface area contributed by atoms with Gasteiger partial charge in [0, 0.05) is 0 Å². The molecule has 3 unspecified atom stereocenters. The predicted octanol–water partition coefficient (Wildman–Crippen LogP) is 4.35. The van der Waals surface area contributed by atoms with Crippen molar-refractivity contribution in [2.45, 2.75) is 19.8 Å². The van der Waals surface area contributed by atoms with Gasteiger partial charge in [-0.15, -0.1) is 5.73 Å². The van der Waals surface area contributed by atoms with Crippen LogP contribution in [-0.4, -0.2) is 0 Å². The van der Waals surface area contributed by atoms with Crippen molar-refractivity contribution in [3.63, 3.8) is 0 Å². The molecule has 0 nitrogen and oxygen atoms in total. The zero-order valence-corrected chi connectivity index (χ0v) is 10.3. The molecule has 3 rings (SSSR count). The van der Waals surface area contributed by atoms with Crippen LogP contribution < -0.4 is 0 Å². The standard InChI is InChI=1S/C17H18/c1-13-16-11-10-15(12-17(13)16)9-8-14-6-4-2-3-5-7-14/h2,4-7,10-13,16-17H,8-9H2,1H3. The molecule has 0 aromatic heterocycles. The van der Waals surface area contributed by atoms with Crippen LogP contribution in [0.25, 0.3) is 0 Å². The molecule has 3 atom stereocenters. The highest BCUT2D eigenvalue weighted by atomic mass is 14.5. The van der Waals surface area contributed by atoms with E-state index in [4.69, 9.17) is 0 Å². The van der Waals surface area contributed by atoms with E-state index in [9.17, 15) is 0 Å². The summed E-state index contributed by atoms with van der Waals surface area (Å²) in [4.78, 5) is 0. The zero-order valence-electron chi connectivity index (χ0n) is 10.3. The minimum atomic E-state index is 0.843. The topological polar surface area (TPSA) is 0 Å². The average Bonchev–Trinajstić information content (AvgIpc) is 3.06. The zero-order chi connectivity index (χ0) is 11.7. The first-order valence-electron chi connectivity index (χ1n) is 6.52. The van der Waals surface area contributed by atoms with Crippen molar-refractivity contribution < 1.29 is 0 Å². The minimum Gasteiger partial charge on any atom is -0.121 e. The van der Waals surface area contributed by atoms with Crippen LogP contribution in [0.15, 0.2) is 65.5 Å². The van der Waals surface area contributed by atoms with Crippen LogP contribution in [-0.2, 0) is 0 Å². The van der Waals surface area contributed by atoms with Crippen LogP contribution in [0, 0.1) is 17.8 Å². The number of rotatable bonds is 3. The highest BCUT2D eigenvalue weighted by Gasteiger charge is 2.44. The average molecular weight is 222 g/mol. The molecule has 0 bridgehead atoms. The Balaban J connectivity index is 1.59. The summed E-state index contributed by atoms with van der Waals surface area (Å²) in [5, 5.41) is 0. The first kappa shape index (κ1) is 10.6. The Morgan fingerprint density at radius 1 is 1.06 bits per heavy atom. The molecule has 0 N–H and O–H groups in total. The normalized spacial score (nSPS) is 32.9. The summed E-state index contributed by atoms with van der Waals surface area (Å²) < 4.78 is 0. The monoisotopic (exact) mass is 222 g/mol.